The summed E-state index contributed by atoms with van der Waals surface area (Å²) in [5, 5.41) is 0. The standard InChI is InChI=1S/C15H29NO/c1-12-6-8-15(11-16,9-7-12)17-14-5-3-4-13(2)10-14/h12-14H,3-11,16H2,1-2H3. The molecule has 2 heteroatoms. The average molecular weight is 239 g/mol. The van der Waals surface area contributed by atoms with E-state index in [9.17, 15) is 0 Å². The van der Waals surface area contributed by atoms with Crippen LogP contribution in [0, 0.1) is 11.8 Å². The fraction of sp³-hybridized carbons (Fsp3) is 1.00. The topological polar surface area (TPSA) is 35.2 Å². The van der Waals surface area contributed by atoms with E-state index in [1.54, 1.807) is 0 Å². The average Bonchev–Trinajstić information content (AvgIpc) is 2.33. The molecule has 2 fully saturated rings. The summed E-state index contributed by atoms with van der Waals surface area (Å²) >= 11 is 0. The third-order valence-electron chi connectivity index (χ3n) is 4.86. The van der Waals surface area contributed by atoms with Crippen molar-refractivity contribution in [3.8, 4) is 0 Å². The van der Waals surface area contributed by atoms with Crippen molar-refractivity contribution in [2.75, 3.05) is 6.54 Å². The lowest BCUT2D eigenvalue weighted by Gasteiger charge is -2.42. The second kappa shape index (κ2) is 5.71. The number of hydrogen-bond acceptors (Lipinski definition) is 2. The second-order valence-electron chi connectivity index (χ2n) is 6.58. The molecule has 2 nitrogen and oxygen atoms in total. The monoisotopic (exact) mass is 239 g/mol. The predicted octanol–water partition coefficient (Wildman–Crippen LogP) is 3.49. The predicted molar refractivity (Wildman–Crippen MR) is 71.9 cm³/mol. The summed E-state index contributed by atoms with van der Waals surface area (Å²) in [7, 11) is 0. The minimum absolute atomic E-state index is 0.0221. The third-order valence-corrected chi connectivity index (χ3v) is 4.86. The van der Waals surface area contributed by atoms with Crippen LogP contribution < -0.4 is 5.73 Å². The van der Waals surface area contributed by atoms with Gasteiger partial charge >= 0.3 is 0 Å². The molecule has 0 aliphatic heterocycles. The molecule has 2 saturated carbocycles. The molecular formula is C15H29NO. The van der Waals surface area contributed by atoms with E-state index < -0.39 is 0 Å². The van der Waals surface area contributed by atoms with Crippen LogP contribution in [0.3, 0.4) is 0 Å². The molecule has 0 bridgehead atoms. The van der Waals surface area contributed by atoms with E-state index in [2.05, 4.69) is 13.8 Å². The number of hydrogen-bond donors (Lipinski definition) is 1. The Balaban J connectivity index is 1.90. The van der Waals surface area contributed by atoms with E-state index in [-0.39, 0.29) is 5.60 Å². The van der Waals surface area contributed by atoms with E-state index >= 15 is 0 Å². The molecule has 2 aliphatic carbocycles. The van der Waals surface area contributed by atoms with Crippen molar-refractivity contribution in [2.24, 2.45) is 17.6 Å². The largest absolute Gasteiger partial charge is 0.370 e. The van der Waals surface area contributed by atoms with E-state index in [0.717, 1.165) is 11.8 Å². The maximum Gasteiger partial charge on any atom is 0.0808 e. The van der Waals surface area contributed by atoms with Crippen LogP contribution in [0.1, 0.15) is 65.2 Å². The smallest absolute Gasteiger partial charge is 0.0808 e. The van der Waals surface area contributed by atoms with Gasteiger partial charge in [-0.2, -0.15) is 0 Å². The van der Waals surface area contributed by atoms with Crippen LogP contribution in [0.5, 0.6) is 0 Å². The highest BCUT2D eigenvalue weighted by atomic mass is 16.5. The molecule has 2 atom stereocenters. The first-order valence-corrected chi connectivity index (χ1v) is 7.51. The van der Waals surface area contributed by atoms with Crippen LogP contribution in [0.25, 0.3) is 0 Å². The van der Waals surface area contributed by atoms with E-state index in [0.29, 0.717) is 12.6 Å². The van der Waals surface area contributed by atoms with Crippen LogP contribution in [-0.4, -0.2) is 18.2 Å². The Kier molecular flexibility index (Phi) is 4.48. The molecule has 0 saturated heterocycles. The molecule has 0 heterocycles. The fourth-order valence-corrected chi connectivity index (χ4v) is 3.50. The Morgan fingerprint density at radius 2 is 1.76 bits per heavy atom. The summed E-state index contributed by atoms with van der Waals surface area (Å²) in [6.07, 6.45) is 10.6. The van der Waals surface area contributed by atoms with Gasteiger partial charge in [-0.25, -0.2) is 0 Å². The minimum atomic E-state index is 0.0221. The van der Waals surface area contributed by atoms with Gasteiger partial charge in [-0.15, -0.1) is 0 Å². The van der Waals surface area contributed by atoms with Crippen molar-refractivity contribution < 1.29 is 4.74 Å². The first kappa shape index (κ1) is 13.4. The Morgan fingerprint density at radius 3 is 2.35 bits per heavy atom. The zero-order chi connectivity index (χ0) is 12.3. The molecule has 2 aliphatic rings. The van der Waals surface area contributed by atoms with Crippen LogP contribution in [0.15, 0.2) is 0 Å². The van der Waals surface area contributed by atoms with Crippen molar-refractivity contribution >= 4 is 0 Å². The van der Waals surface area contributed by atoms with Crippen LogP contribution in [-0.2, 0) is 4.74 Å². The highest BCUT2D eigenvalue weighted by Gasteiger charge is 2.36. The van der Waals surface area contributed by atoms with Crippen molar-refractivity contribution in [3.05, 3.63) is 0 Å². The van der Waals surface area contributed by atoms with Gasteiger partial charge < -0.3 is 10.5 Å². The zero-order valence-electron chi connectivity index (χ0n) is 11.6. The summed E-state index contributed by atoms with van der Waals surface area (Å²) in [6.45, 7) is 5.42. The molecule has 0 aromatic rings. The lowest BCUT2D eigenvalue weighted by molar-refractivity contribution is -0.127. The van der Waals surface area contributed by atoms with Crippen molar-refractivity contribution in [1.82, 2.24) is 0 Å². The van der Waals surface area contributed by atoms with Gasteiger partial charge in [-0.1, -0.05) is 26.7 Å². The molecule has 0 radical (unpaired) electrons. The Hall–Kier alpha value is -0.0800. The molecule has 0 spiro atoms. The van der Waals surface area contributed by atoms with E-state index in [4.69, 9.17) is 10.5 Å². The van der Waals surface area contributed by atoms with Gasteiger partial charge in [-0.05, 0) is 50.4 Å². The SMILES string of the molecule is CC1CCC(CN)(OC2CCCC(C)C2)CC1. The fourth-order valence-electron chi connectivity index (χ4n) is 3.50. The second-order valence-corrected chi connectivity index (χ2v) is 6.58. The zero-order valence-corrected chi connectivity index (χ0v) is 11.6. The lowest BCUT2D eigenvalue weighted by Crippen LogP contribution is -2.47. The van der Waals surface area contributed by atoms with Gasteiger partial charge in [-0.3, -0.25) is 0 Å². The molecule has 0 aromatic carbocycles. The number of ether oxygens (including phenoxy) is 1. The Morgan fingerprint density at radius 1 is 1.06 bits per heavy atom. The summed E-state index contributed by atoms with van der Waals surface area (Å²) in [6, 6.07) is 0. The summed E-state index contributed by atoms with van der Waals surface area (Å²) in [4.78, 5) is 0. The van der Waals surface area contributed by atoms with Crippen molar-refractivity contribution in [3.63, 3.8) is 0 Å². The molecule has 0 amide bonds. The van der Waals surface area contributed by atoms with Crippen LogP contribution in [0.2, 0.25) is 0 Å². The van der Waals surface area contributed by atoms with Gasteiger partial charge in [0.25, 0.3) is 0 Å². The molecular weight excluding hydrogens is 210 g/mol. The first-order chi connectivity index (χ1) is 8.13. The highest BCUT2D eigenvalue weighted by molar-refractivity contribution is 4.89. The Bertz CT molecular complexity index is 233. The van der Waals surface area contributed by atoms with E-state index in [1.807, 2.05) is 0 Å². The lowest BCUT2D eigenvalue weighted by atomic mass is 9.78. The van der Waals surface area contributed by atoms with Crippen LogP contribution in [0.4, 0.5) is 0 Å². The van der Waals surface area contributed by atoms with Gasteiger partial charge in [0.1, 0.15) is 0 Å². The number of nitrogens with two attached hydrogens (primary N) is 1. The summed E-state index contributed by atoms with van der Waals surface area (Å²) in [5.74, 6) is 1.70. The molecule has 2 N–H and O–H groups in total. The normalized spacial score (nSPS) is 43.6. The quantitative estimate of drug-likeness (QED) is 0.818. The molecule has 2 unspecified atom stereocenters. The molecule has 0 aromatic heterocycles. The maximum atomic E-state index is 6.46. The third kappa shape index (κ3) is 3.45. The van der Waals surface area contributed by atoms with E-state index in [1.165, 1.54) is 51.4 Å². The van der Waals surface area contributed by atoms with Gasteiger partial charge in [0.05, 0.1) is 11.7 Å². The minimum Gasteiger partial charge on any atom is -0.370 e. The number of rotatable bonds is 3. The van der Waals surface area contributed by atoms with Gasteiger partial charge in [0.15, 0.2) is 0 Å². The molecule has 17 heavy (non-hydrogen) atoms. The maximum absolute atomic E-state index is 6.46. The highest BCUT2D eigenvalue weighted by Crippen LogP contribution is 2.37. The summed E-state index contributed by atoms with van der Waals surface area (Å²) < 4.78 is 6.46. The van der Waals surface area contributed by atoms with Crippen molar-refractivity contribution in [2.45, 2.75) is 76.9 Å². The van der Waals surface area contributed by atoms with Gasteiger partial charge in [0, 0.05) is 6.54 Å². The first-order valence-electron chi connectivity index (χ1n) is 7.51. The summed E-state index contributed by atoms with van der Waals surface area (Å²) in [5.41, 5.74) is 6.03. The van der Waals surface area contributed by atoms with Crippen LogP contribution >= 0.6 is 0 Å². The van der Waals surface area contributed by atoms with Gasteiger partial charge in [0.2, 0.25) is 0 Å². The molecule has 100 valence electrons. The van der Waals surface area contributed by atoms with Crippen molar-refractivity contribution in [1.29, 1.82) is 0 Å². The molecule has 2 rings (SSSR count). The Labute approximate surface area is 106 Å².